The van der Waals surface area contributed by atoms with Crippen molar-refractivity contribution in [2.75, 3.05) is 0 Å². The van der Waals surface area contributed by atoms with Gasteiger partial charge in [-0.2, -0.15) is 5.10 Å². The molecule has 0 saturated carbocycles. The smallest absolute Gasteiger partial charge is 0.273 e. The summed E-state index contributed by atoms with van der Waals surface area (Å²) >= 11 is 12.5. The molecule has 1 aromatic heterocycles. The zero-order valence-electron chi connectivity index (χ0n) is 18.1. The summed E-state index contributed by atoms with van der Waals surface area (Å²) in [4.78, 5) is 15.3. The van der Waals surface area contributed by atoms with E-state index in [1.165, 1.54) is 0 Å². The number of halogens is 2. The van der Waals surface area contributed by atoms with Crippen molar-refractivity contribution < 1.29 is 9.90 Å². The third-order valence-corrected chi connectivity index (χ3v) is 6.76. The first kappa shape index (κ1) is 21.6. The van der Waals surface area contributed by atoms with E-state index in [0.717, 1.165) is 27.8 Å². The second-order valence-electron chi connectivity index (χ2n) is 8.33. The van der Waals surface area contributed by atoms with Crippen molar-refractivity contribution in [3.05, 3.63) is 104 Å². The highest BCUT2D eigenvalue weighted by Crippen LogP contribution is 2.46. The number of aromatic nitrogens is 2. The molecule has 1 unspecified atom stereocenters. The van der Waals surface area contributed by atoms with Crippen molar-refractivity contribution in [1.29, 1.82) is 0 Å². The molecule has 5 rings (SSSR count). The van der Waals surface area contributed by atoms with Crippen molar-refractivity contribution in [3.63, 3.8) is 0 Å². The Morgan fingerprint density at radius 2 is 1.79 bits per heavy atom. The van der Waals surface area contributed by atoms with Crippen LogP contribution in [0.25, 0.3) is 11.3 Å². The number of aromatic amines is 1. The average Bonchev–Trinajstić information content (AvgIpc) is 3.33. The third-order valence-electron chi connectivity index (χ3n) is 6.02. The van der Waals surface area contributed by atoms with E-state index in [1.54, 1.807) is 17.0 Å². The number of carbonyl (C=O) groups excluding carboxylic acids is 1. The molecule has 2 heterocycles. The highest BCUT2D eigenvalue weighted by atomic mass is 35.5. The molecular formula is C26H21Cl2N3O2. The fraction of sp³-hybridized carbons (Fsp3) is 0.154. The van der Waals surface area contributed by atoms with Crippen molar-refractivity contribution in [2.24, 2.45) is 0 Å². The number of benzene rings is 3. The number of aryl methyl sites for hydroxylation is 2. The van der Waals surface area contributed by atoms with Crippen LogP contribution in [0, 0.1) is 13.8 Å². The van der Waals surface area contributed by atoms with Gasteiger partial charge in [0.15, 0.2) is 0 Å². The van der Waals surface area contributed by atoms with Gasteiger partial charge in [0.05, 0.1) is 16.1 Å². The van der Waals surface area contributed by atoms with Crippen LogP contribution in [0.3, 0.4) is 0 Å². The first-order valence-corrected chi connectivity index (χ1v) is 11.3. The summed E-state index contributed by atoms with van der Waals surface area (Å²) in [7, 11) is 0. The molecule has 0 radical (unpaired) electrons. The number of amides is 1. The first-order valence-electron chi connectivity index (χ1n) is 10.5. The number of hydrogen-bond acceptors (Lipinski definition) is 3. The van der Waals surface area contributed by atoms with Crippen LogP contribution in [0.15, 0.2) is 60.7 Å². The zero-order chi connectivity index (χ0) is 23.3. The van der Waals surface area contributed by atoms with E-state index in [9.17, 15) is 9.90 Å². The molecule has 0 aliphatic carbocycles. The van der Waals surface area contributed by atoms with Crippen LogP contribution in [0.1, 0.15) is 44.3 Å². The molecule has 2 N–H and O–H groups in total. The molecule has 33 heavy (non-hydrogen) atoms. The molecule has 1 atom stereocenters. The lowest BCUT2D eigenvalue weighted by atomic mass is 9.94. The number of nitrogens with zero attached hydrogens (tertiary/aromatic N) is 2. The number of H-pyrrole nitrogens is 1. The summed E-state index contributed by atoms with van der Waals surface area (Å²) < 4.78 is 0. The number of carbonyl (C=O) groups is 1. The minimum absolute atomic E-state index is 0.150. The molecule has 166 valence electrons. The summed E-state index contributed by atoms with van der Waals surface area (Å²) in [5, 5.41) is 19.1. The molecule has 1 aliphatic rings. The Morgan fingerprint density at radius 1 is 1.03 bits per heavy atom. The van der Waals surface area contributed by atoms with Crippen molar-refractivity contribution >= 4 is 29.1 Å². The van der Waals surface area contributed by atoms with Crippen molar-refractivity contribution in [3.8, 4) is 17.0 Å². The quantitative estimate of drug-likeness (QED) is 0.354. The Labute approximate surface area is 201 Å². The van der Waals surface area contributed by atoms with Gasteiger partial charge in [-0.05, 0) is 54.3 Å². The van der Waals surface area contributed by atoms with Crippen LogP contribution in [0.2, 0.25) is 10.0 Å². The summed E-state index contributed by atoms with van der Waals surface area (Å²) in [6.45, 7) is 4.22. The van der Waals surface area contributed by atoms with E-state index in [4.69, 9.17) is 23.2 Å². The van der Waals surface area contributed by atoms with E-state index < -0.39 is 6.04 Å². The number of nitrogens with one attached hydrogen (secondary N) is 1. The second-order valence-corrected chi connectivity index (χ2v) is 9.15. The normalized spacial score (nSPS) is 15.2. The summed E-state index contributed by atoms with van der Waals surface area (Å²) in [5.41, 5.74) is 5.83. The largest absolute Gasteiger partial charge is 0.507 e. The zero-order valence-corrected chi connectivity index (χ0v) is 19.6. The highest BCUT2D eigenvalue weighted by Gasteiger charge is 2.42. The maximum atomic E-state index is 13.5. The van der Waals surface area contributed by atoms with Gasteiger partial charge in [-0.15, -0.1) is 0 Å². The van der Waals surface area contributed by atoms with Gasteiger partial charge in [0, 0.05) is 17.7 Å². The van der Waals surface area contributed by atoms with Gasteiger partial charge >= 0.3 is 0 Å². The van der Waals surface area contributed by atoms with Gasteiger partial charge in [0.2, 0.25) is 0 Å². The molecule has 5 nitrogen and oxygen atoms in total. The number of hydrogen-bond donors (Lipinski definition) is 2. The Kier molecular flexibility index (Phi) is 5.39. The van der Waals surface area contributed by atoms with Crippen LogP contribution in [0.4, 0.5) is 0 Å². The van der Waals surface area contributed by atoms with Crippen LogP contribution in [-0.4, -0.2) is 26.1 Å². The summed E-state index contributed by atoms with van der Waals surface area (Å²) in [6, 6.07) is 18.6. The SMILES string of the molecule is Cc1cc(C)c(O)c(-c2n[nH]c3c2C(c2ccc(Cl)c(Cl)c2)N(Cc2ccccc2)C3=O)c1. The lowest BCUT2D eigenvalue weighted by Gasteiger charge is -2.27. The summed E-state index contributed by atoms with van der Waals surface area (Å²) in [6.07, 6.45) is 0. The van der Waals surface area contributed by atoms with Crippen LogP contribution >= 0.6 is 23.2 Å². The van der Waals surface area contributed by atoms with Gasteiger partial charge < -0.3 is 10.0 Å². The minimum Gasteiger partial charge on any atom is -0.507 e. The number of phenols is 1. The van der Waals surface area contributed by atoms with Gasteiger partial charge in [0.25, 0.3) is 5.91 Å². The number of rotatable bonds is 4. The maximum absolute atomic E-state index is 13.5. The molecule has 3 aromatic carbocycles. The molecule has 0 spiro atoms. The van der Waals surface area contributed by atoms with Crippen molar-refractivity contribution in [1.82, 2.24) is 15.1 Å². The number of phenolic OH excluding ortho intramolecular Hbond substituents is 1. The maximum Gasteiger partial charge on any atom is 0.273 e. The molecule has 1 amide bonds. The Hall–Kier alpha value is -3.28. The Balaban J connectivity index is 1.71. The van der Waals surface area contributed by atoms with E-state index in [0.29, 0.717) is 33.5 Å². The molecule has 0 bridgehead atoms. The average molecular weight is 478 g/mol. The van der Waals surface area contributed by atoms with E-state index >= 15 is 0 Å². The lowest BCUT2D eigenvalue weighted by molar-refractivity contribution is 0.0730. The van der Waals surface area contributed by atoms with Gasteiger partial charge in [0.1, 0.15) is 17.1 Å². The topological polar surface area (TPSA) is 69.2 Å². The predicted molar refractivity (Wildman–Crippen MR) is 130 cm³/mol. The molecule has 1 aliphatic heterocycles. The van der Waals surface area contributed by atoms with Gasteiger partial charge in [-0.3, -0.25) is 9.89 Å². The molecule has 0 fully saturated rings. The van der Waals surface area contributed by atoms with E-state index in [2.05, 4.69) is 10.2 Å². The Morgan fingerprint density at radius 3 is 2.52 bits per heavy atom. The minimum atomic E-state index is -0.448. The Bertz CT molecular complexity index is 1380. The van der Waals surface area contributed by atoms with Gasteiger partial charge in [-0.25, -0.2) is 0 Å². The standard InChI is InChI=1S/C26H21Cl2N3O2/c1-14-10-15(2)25(32)18(11-14)22-21-23(30-29-22)26(33)31(13-16-6-4-3-5-7-16)24(21)17-8-9-19(27)20(28)12-17/h3-12,24,32H,13H2,1-2H3,(H,29,30). The van der Waals surface area contributed by atoms with E-state index in [1.807, 2.05) is 62.4 Å². The predicted octanol–water partition coefficient (Wildman–Crippen LogP) is 6.45. The lowest BCUT2D eigenvalue weighted by Crippen LogP contribution is -2.29. The summed E-state index contributed by atoms with van der Waals surface area (Å²) in [5.74, 6) is -0.00992. The monoisotopic (exact) mass is 477 g/mol. The van der Waals surface area contributed by atoms with Crippen LogP contribution in [-0.2, 0) is 6.54 Å². The second kappa shape index (κ2) is 8.25. The third kappa shape index (κ3) is 3.67. The first-order chi connectivity index (χ1) is 15.8. The molecule has 7 heteroatoms. The molecule has 0 saturated heterocycles. The highest BCUT2D eigenvalue weighted by molar-refractivity contribution is 6.42. The fourth-order valence-electron chi connectivity index (χ4n) is 4.51. The molecule has 4 aromatic rings. The fourth-order valence-corrected chi connectivity index (χ4v) is 4.82. The number of aromatic hydroxyl groups is 1. The van der Waals surface area contributed by atoms with Crippen LogP contribution in [0.5, 0.6) is 5.75 Å². The van der Waals surface area contributed by atoms with E-state index in [-0.39, 0.29) is 11.7 Å². The number of fused-ring (bicyclic) bond motifs is 1. The van der Waals surface area contributed by atoms with Crippen molar-refractivity contribution in [2.45, 2.75) is 26.4 Å². The van der Waals surface area contributed by atoms with Gasteiger partial charge in [-0.1, -0.05) is 65.7 Å². The van der Waals surface area contributed by atoms with Crippen LogP contribution < -0.4 is 0 Å². The molecular weight excluding hydrogens is 457 g/mol.